The van der Waals surface area contributed by atoms with Crippen molar-refractivity contribution < 1.29 is 8.85 Å². The molecule has 0 aliphatic rings. The van der Waals surface area contributed by atoms with Crippen molar-refractivity contribution in [2.45, 2.75) is 123 Å². The molecule has 0 aliphatic heterocycles. The lowest BCUT2D eigenvalue weighted by Gasteiger charge is -2.25. The molecule has 1 rings (SSSR count). The van der Waals surface area contributed by atoms with E-state index in [1.165, 1.54) is 102 Å². The maximum Gasteiger partial charge on any atom is 0.392 e. The Bertz CT molecular complexity index is 629. The molecule has 0 amide bonds. The molecule has 0 saturated carbocycles. The van der Waals surface area contributed by atoms with E-state index in [1.54, 1.807) is 0 Å². The first kappa shape index (κ1) is 31.4. The van der Waals surface area contributed by atoms with Gasteiger partial charge < -0.3 is 8.85 Å². The van der Waals surface area contributed by atoms with E-state index in [-0.39, 0.29) is 10.0 Å². The lowest BCUT2D eigenvalue weighted by atomic mass is 10.0. The van der Waals surface area contributed by atoms with Crippen molar-refractivity contribution in [3.8, 4) is 5.75 Å². The zero-order valence-electron chi connectivity index (χ0n) is 20.9. The second kappa shape index (κ2) is 18.6. The molecule has 0 aromatic heterocycles. The van der Waals surface area contributed by atoms with Crippen LogP contribution in [0.25, 0.3) is 0 Å². The lowest BCUT2D eigenvalue weighted by molar-refractivity contribution is 0.241. The Balaban J connectivity index is 2.01. The Morgan fingerprint density at radius 3 is 1.36 bits per heavy atom. The van der Waals surface area contributed by atoms with Gasteiger partial charge in [-0.2, -0.15) is 0 Å². The molecule has 192 valence electrons. The molecule has 0 spiro atoms. The Hall–Kier alpha value is 0.357. The molecule has 0 unspecified atom stereocenters. The predicted molar refractivity (Wildman–Crippen MR) is 150 cm³/mol. The summed E-state index contributed by atoms with van der Waals surface area (Å²) in [6.45, 7) is 6.91. The van der Waals surface area contributed by atoms with E-state index in [0.29, 0.717) is 22.4 Å². The monoisotopic (exact) mass is 556 g/mol. The first-order chi connectivity index (χ1) is 15.8. The summed E-state index contributed by atoms with van der Waals surface area (Å²) in [7, 11) is -2.45. The van der Waals surface area contributed by atoms with Crippen LogP contribution in [0.1, 0.15) is 110 Å². The molecule has 33 heavy (non-hydrogen) atoms. The van der Waals surface area contributed by atoms with Crippen LogP contribution in [0.3, 0.4) is 0 Å². The SMILES string of the molecule is CCCCCCCCCCCCCCCCCCO[Si](C)(C)Oc1c(Cl)c(Cl)cc(Cl)c1Cl. The van der Waals surface area contributed by atoms with Crippen LogP contribution in [0.4, 0.5) is 0 Å². The van der Waals surface area contributed by atoms with Crippen LogP contribution in [0.15, 0.2) is 6.07 Å². The Morgan fingerprint density at radius 2 is 0.970 bits per heavy atom. The average molecular weight is 559 g/mol. The molecular formula is C26H44Cl4O2Si. The molecule has 0 N–H and O–H groups in total. The molecule has 1 aromatic rings. The van der Waals surface area contributed by atoms with Crippen molar-refractivity contribution in [1.82, 2.24) is 0 Å². The smallest absolute Gasteiger partial charge is 0.392 e. The van der Waals surface area contributed by atoms with Gasteiger partial charge in [0, 0.05) is 6.61 Å². The minimum absolute atomic E-state index is 0.276. The topological polar surface area (TPSA) is 18.5 Å². The summed E-state index contributed by atoms with van der Waals surface area (Å²) in [6, 6.07) is 1.52. The third kappa shape index (κ3) is 14.5. The molecular weight excluding hydrogens is 514 g/mol. The van der Waals surface area contributed by atoms with Gasteiger partial charge >= 0.3 is 8.56 Å². The van der Waals surface area contributed by atoms with E-state index in [9.17, 15) is 0 Å². The van der Waals surface area contributed by atoms with Crippen LogP contribution in [0.5, 0.6) is 5.75 Å². The highest BCUT2D eigenvalue weighted by atomic mass is 35.5. The maximum absolute atomic E-state index is 6.25. The number of benzene rings is 1. The summed E-state index contributed by atoms with van der Waals surface area (Å²) >= 11 is 24.7. The number of halogens is 4. The molecule has 0 aliphatic carbocycles. The second-order valence-corrected chi connectivity index (χ2v) is 14.3. The van der Waals surface area contributed by atoms with Crippen molar-refractivity contribution in [2.24, 2.45) is 0 Å². The first-order valence-corrected chi connectivity index (χ1v) is 17.3. The van der Waals surface area contributed by atoms with E-state index in [2.05, 4.69) is 6.92 Å². The van der Waals surface area contributed by atoms with Crippen molar-refractivity contribution >= 4 is 55.0 Å². The minimum atomic E-state index is -2.45. The lowest BCUT2D eigenvalue weighted by Crippen LogP contribution is -2.39. The number of rotatable bonds is 20. The highest BCUT2D eigenvalue weighted by Gasteiger charge is 2.30. The standard InChI is InChI=1S/C26H44Cl4O2Si/c1-4-5-6-7-8-9-10-11-12-13-14-15-16-17-18-19-20-31-33(2,3)32-26-24(29)22(27)21-23(28)25(26)30/h21H,4-20H2,1-3H3. The Labute approximate surface area is 224 Å². The van der Waals surface area contributed by atoms with Crippen LogP contribution >= 0.6 is 46.4 Å². The molecule has 2 nitrogen and oxygen atoms in total. The van der Waals surface area contributed by atoms with Crippen LogP contribution in [0.2, 0.25) is 33.2 Å². The van der Waals surface area contributed by atoms with E-state index in [4.69, 9.17) is 55.3 Å². The summed E-state index contributed by atoms with van der Waals surface area (Å²) < 4.78 is 12.1. The molecule has 0 bridgehead atoms. The highest BCUT2D eigenvalue weighted by Crippen LogP contribution is 2.43. The van der Waals surface area contributed by atoms with Gasteiger partial charge in [0.15, 0.2) is 0 Å². The van der Waals surface area contributed by atoms with E-state index >= 15 is 0 Å². The summed E-state index contributed by atoms with van der Waals surface area (Å²) in [5, 5.41) is 1.20. The molecule has 0 saturated heterocycles. The molecule has 0 heterocycles. The van der Waals surface area contributed by atoms with Crippen LogP contribution in [-0.4, -0.2) is 15.2 Å². The zero-order chi connectivity index (χ0) is 24.5. The van der Waals surface area contributed by atoms with E-state index < -0.39 is 8.56 Å². The van der Waals surface area contributed by atoms with Gasteiger partial charge in [-0.3, -0.25) is 0 Å². The van der Waals surface area contributed by atoms with E-state index in [0.717, 1.165) is 6.42 Å². The van der Waals surface area contributed by atoms with Gasteiger partial charge in [0.05, 0.1) is 10.0 Å². The molecule has 0 fully saturated rings. The van der Waals surface area contributed by atoms with Crippen LogP contribution in [-0.2, 0) is 4.43 Å². The van der Waals surface area contributed by atoms with Gasteiger partial charge in [0.25, 0.3) is 0 Å². The first-order valence-electron chi connectivity index (χ1n) is 12.9. The van der Waals surface area contributed by atoms with Crippen molar-refractivity contribution in [3.05, 3.63) is 26.2 Å². The predicted octanol–water partition coefficient (Wildman–Crippen LogP) is 11.7. The third-order valence-electron chi connectivity index (χ3n) is 5.87. The normalized spacial score (nSPS) is 11.8. The number of hydrogen-bond acceptors (Lipinski definition) is 2. The van der Waals surface area contributed by atoms with Gasteiger partial charge in [-0.05, 0) is 25.6 Å². The van der Waals surface area contributed by atoms with Gasteiger partial charge in [-0.25, -0.2) is 0 Å². The largest absolute Gasteiger partial charge is 0.518 e. The average Bonchev–Trinajstić information content (AvgIpc) is 2.77. The molecule has 7 heteroatoms. The molecule has 0 radical (unpaired) electrons. The molecule has 1 aromatic carbocycles. The fourth-order valence-corrected chi connectivity index (χ4v) is 6.27. The quantitative estimate of drug-likeness (QED) is 0.0900. The second-order valence-electron chi connectivity index (χ2n) is 9.45. The molecule has 0 atom stereocenters. The summed E-state index contributed by atoms with van der Waals surface area (Å²) in [5.41, 5.74) is 0. The van der Waals surface area contributed by atoms with Crippen LogP contribution in [0, 0.1) is 0 Å². The minimum Gasteiger partial charge on any atom is -0.518 e. The Morgan fingerprint density at radius 1 is 0.606 bits per heavy atom. The third-order valence-corrected chi connectivity index (χ3v) is 9.00. The number of unbranched alkanes of at least 4 members (excludes halogenated alkanes) is 15. The van der Waals surface area contributed by atoms with Gasteiger partial charge in [-0.1, -0.05) is 150 Å². The summed E-state index contributed by atoms with van der Waals surface area (Å²) in [5.74, 6) is 0.319. The zero-order valence-corrected chi connectivity index (χ0v) is 25.0. The maximum atomic E-state index is 6.25. The van der Waals surface area contributed by atoms with Crippen LogP contribution < -0.4 is 4.43 Å². The summed E-state index contributed by atoms with van der Waals surface area (Å²) in [6.07, 6.45) is 21.7. The highest BCUT2D eigenvalue weighted by molar-refractivity contribution is 6.65. The summed E-state index contributed by atoms with van der Waals surface area (Å²) in [4.78, 5) is 0. The van der Waals surface area contributed by atoms with Crippen molar-refractivity contribution in [3.63, 3.8) is 0 Å². The number of hydrogen-bond donors (Lipinski definition) is 0. The van der Waals surface area contributed by atoms with Crippen molar-refractivity contribution in [2.75, 3.05) is 6.61 Å². The van der Waals surface area contributed by atoms with Crippen molar-refractivity contribution in [1.29, 1.82) is 0 Å². The van der Waals surface area contributed by atoms with Gasteiger partial charge in [-0.15, -0.1) is 0 Å². The van der Waals surface area contributed by atoms with E-state index in [1.807, 2.05) is 13.1 Å². The van der Waals surface area contributed by atoms with Gasteiger partial charge in [0.1, 0.15) is 15.8 Å². The Kier molecular flexibility index (Phi) is 17.7. The fraction of sp³-hybridized carbons (Fsp3) is 0.769. The van der Waals surface area contributed by atoms with Gasteiger partial charge in [0.2, 0.25) is 0 Å². The fourth-order valence-electron chi connectivity index (χ4n) is 3.88.